The average Bonchev–Trinajstić information content (AvgIpc) is 2.12. The van der Waals surface area contributed by atoms with Gasteiger partial charge in [-0.15, -0.1) is 0 Å². The van der Waals surface area contributed by atoms with Crippen molar-refractivity contribution in [3.63, 3.8) is 0 Å². The number of imide groups is 2. The van der Waals surface area contributed by atoms with Gasteiger partial charge in [-0.2, -0.15) is 0 Å². The molecule has 0 aromatic rings. The van der Waals surface area contributed by atoms with Crippen molar-refractivity contribution >= 4 is 29.5 Å². The maximum absolute atomic E-state index is 11.3. The van der Waals surface area contributed by atoms with Gasteiger partial charge in [-0.05, 0) is 6.92 Å². The number of aliphatic imine (C=N–C) groups is 1. The number of amides is 4. The number of aliphatic carboxylic acids is 1. The van der Waals surface area contributed by atoms with E-state index in [-0.39, 0.29) is 5.71 Å². The largest absolute Gasteiger partial charge is 0.480 e. The number of carbonyl (C=O) groups excluding carboxylic acids is 3. The zero-order chi connectivity index (χ0) is 12.3. The lowest BCUT2D eigenvalue weighted by Gasteiger charge is -2.20. The Hall–Kier alpha value is -2.25. The fraction of sp³-hybridized carbons (Fsp3) is 0.375. The maximum Gasteiger partial charge on any atom is 0.328 e. The van der Waals surface area contributed by atoms with Crippen molar-refractivity contribution in [1.29, 1.82) is 0 Å². The standard InChI is InChI=1S/C8H9N3O5/c1-3(9-2-4(12)13)5-6(14)10-8(16)11-7(5)15/h5H,2H2,1H3,(H,12,13)(H2,10,11,14,15,16). The third kappa shape index (κ3) is 2.62. The summed E-state index contributed by atoms with van der Waals surface area (Å²) < 4.78 is 0. The van der Waals surface area contributed by atoms with Gasteiger partial charge in [-0.3, -0.25) is 30.0 Å². The Morgan fingerprint density at radius 3 is 2.25 bits per heavy atom. The van der Waals surface area contributed by atoms with E-state index in [4.69, 9.17) is 5.11 Å². The predicted octanol–water partition coefficient (Wildman–Crippen LogP) is -1.49. The van der Waals surface area contributed by atoms with Gasteiger partial charge in [0.05, 0.1) is 0 Å². The number of nitrogens with zero attached hydrogens (tertiary/aromatic N) is 1. The van der Waals surface area contributed by atoms with Crippen LogP contribution in [0.4, 0.5) is 4.79 Å². The zero-order valence-corrected chi connectivity index (χ0v) is 8.31. The third-order valence-electron chi connectivity index (χ3n) is 1.88. The Bertz CT molecular complexity index is 380. The van der Waals surface area contributed by atoms with Gasteiger partial charge in [0.15, 0.2) is 5.92 Å². The molecule has 0 saturated carbocycles. The Morgan fingerprint density at radius 2 is 1.81 bits per heavy atom. The first-order chi connectivity index (χ1) is 7.41. The van der Waals surface area contributed by atoms with Crippen LogP contribution in [0.2, 0.25) is 0 Å². The number of hydrogen-bond donors (Lipinski definition) is 3. The Labute approximate surface area is 89.7 Å². The summed E-state index contributed by atoms with van der Waals surface area (Å²) in [6, 6.07) is -0.891. The van der Waals surface area contributed by atoms with Crippen LogP contribution in [0.25, 0.3) is 0 Å². The van der Waals surface area contributed by atoms with Crippen molar-refractivity contribution in [1.82, 2.24) is 10.6 Å². The van der Waals surface area contributed by atoms with Crippen molar-refractivity contribution in [2.24, 2.45) is 10.9 Å². The first kappa shape index (κ1) is 11.8. The minimum absolute atomic E-state index is 0.0462. The third-order valence-corrected chi connectivity index (χ3v) is 1.88. The van der Waals surface area contributed by atoms with E-state index in [1.165, 1.54) is 6.92 Å². The van der Waals surface area contributed by atoms with Gasteiger partial charge >= 0.3 is 12.0 Å². The lowest BCUT2D eigenvalue weighted by molar-refractivity contribution is -0.136. The summed E-state index contributed by atoms with van der Waals surface area (Å²) in [5, 5.41) is 12.2. The van der Waals surface area contributed by atoms with Crippen LogP contribution in [0.3, 0.4) is 0 Å². The molecule has 0 unspecified atom stereocenters. The first-order valence-corrected chi connectivity index (χ1v) is 4.30. The van der Waals surface area contributed by atoms with E-state index >= 15 is 0 Å². The summed E-state index contributed by atoms with van der Waals surface area (Å²) in [7, 11) is 0. The highest BCUT2D eigenvalue weighted by Gasteiger charge is 2.36. The van der Waals surface area contributed by atoms with Gasteiger partial charge < -0.3 is 5.11 Å². The molecule has 0 bridgehead atoms. The number of urea groups is 1. The van der Waals surface area contributed by atoms with E-state index in [2.05, 4.69) is 4.99 Å². The molecule has 8 heteroatoms. The van der Waals surface area contributed by atoms with Crippen LogP contribution in [0.15, 0.2) is 4.99 Å². The summed E-state index contributed by atoms with van der Waals surface area (Å²) in [6.45, 7) is 0.819. The molecule has 1 rings (SSSR count). The predicted molar refractivity (Wildman–Crippen MR) is 50.8 cm³/mol. The topological polar surface area (TPSA) is 125 Å². The van der Waals surface area contributed by atoms with E-state index in [1.807, 2.05) is 10.6 Å². The van der Waals surface area contributed by atoms with Crippen molar-refractivity contribution in [3.05, 3.63) is 0 Å². The molecule has 0 atom stereocenters. The maximum atomic E-state index is 11.3. The van der Waals surface area contributed by atoms with Crippen molar-refractivity contribution < 1.29 is 24.3 Å². The molecule has 0 radical (unpaired) electrons. The van der Waals surface area contributed by atoms with Crippen LogP contribution in [-0.2, 0) is 14.4 Å². The molecule has 1 aliphatic rings. The van der Waals surface area contributed by atoms with Gasteiger partial charge in [0.2, 0.25) is 11.8 Å². The van der Waals surface area contributed by atoms with Crippen LogP contribution in [0.1, 0.15) is 6.92 Å². The Morgan fingerprint density at radius 1 is 1.31 bits per heavy atom. The molecule has 0 aromatic heterocycles. The number of hydrogen-bond acceptors (Lipinski definition) is 5. The molecule has 0 spiro atoms. The molecular formula is C8H9N3O5. The molecule has 4 amide bonds. The molecule has 16 heavy (non-hydrogen) atoms. The molecule has 1 aliphatic heterocycles. The fourth-order valence-electron chi connectivity index (χ4n) is 1.18. The normalized spacial score (nSPS) is 18.1. The lowest BCUT2D eigenvalue weighted by atomic mass is 10.0. The second kappa shape index (κ2) is 4.51. The number of nitrogens with one attached hydrogen (secondary N) is 2. The van der Waals surface area contributed by atoms with E-state index in [0.29, 0.717) is 0 Å². The summed E-state index contributed by atoms with van der Waals surface area (Å²) in [4.78, 5) is 47.1. The quantitative estimate of drug-likeness (QED) is 0.400. The number of carboxylic acid groups (broad SMARTS) is 1. The van der Waals surface area contributed by atoms with Crippen LogP contribution >= 0.6 is 0 Å². The highest BCUT2D eigenvalue weighted by molar-refractivity contribution is 6.27. The number of rotatable bonds is 3. The minimum Gasteiger partial charge on any atom is -0.480 e. The average molecular weight is 227 g/mol. The van der Waals surface area contributed by atoms with Crippen LogP contribution < -0.4 is 10.6 Å². The summed E-state index contributed by atoms with van der Waals surface area (Å²) >= 11 is 0. The van der Waals surface area contributed by atoms with Crippen molar-refractivity contribution in [2.45, 2.75) is 6.92 Å². The molecular weight excluding hydrogens is 218 g/mol. The smallest absolute Gasteiger partial charge is 0.328 e. The first-order valence-electron chi connectivity index (χ1n) is 4.30. The van der Waals surface area contributed by atoms with Gasteiger partial charge in [-0.25, -0.2) is 4.79 Å². The van der Waals surface area contributed by atoms with Gasteiger partial charge in [0, 0.05) is 5.71 Å². The molecule has 3 N–H and O–H groups in total. The van der Waals surface area contributed by atoms with Gasteiger partial charge in [0.1, 0.15) is 6.54 Å². The number of carboxylic acids is 1. The zero-order valence-electron chi connectivity index (χ0n) is 8.31. The van der Waals surface area contributed by atoms with Gasteiger partial charge in [-0.1, -0.05) is 0 Å². The molecule has 1 saturated heterocycles. The number of barbiturate groups is 1. The second-order valence-electron chi connectivity index (χ2n) is 3.09. The molecule has 0 aromatic carbocycles. The molecule has 0 aliphatic carbocycles. The minimum atomic E-state index is -1.25. The van der Waals surface area contributed by atoms with Gasteiger partial charge in [0.25, 0.3) is 0 Å². The Kier molecular flexibility index (Phi) is 3.33. The number of carbonyl (C=O) groups is 4. The molecule has 1 fully saturated rings. The Balaban J connectivity index is 2.82. The fourth-order valence-corrected chi connectivity index (χ4v) is 1.18. The van der Waals surface area contributed by atoms with E-state index in [0.717, 1.165) is 0 Å². The SMILES string of the molecule is CC(=NCC(=O)O)C1C(=O)NC(=O)NC1=O. The summed E-state index contributed by atoms with van der Waals surface area (Å²) in [5.41, 5.74) is 0.0462. The monoisotopic (exact) mass is 227 g/mol. The lowest BCUT2D eigenvalue weighted by Crippen LogP contribution is -2.57. The van der Waals surface area contributed by atoms with E-state index in [1.54, 1.807) is 0 Å². The van der Waals surface area contributed by atoms with E-state index in [9.17, 15) is 19.2 Å². The highest BCUT2D eigenvalue weighted by Crippen LogP contribution is 2.05. The summed E-state index contributed by atoms with van der Waals surface area (Å²) in [6.07, 6.45) is 0. The highest BCUT2D eigenvalue weighted by atomic mass is 16.4. The second-order valence-corrected chi connectivity index (χ2v) is 3.09. The van der Waals surface area contributed by atoms with Crippen LogP contribution in [0.5, 0.6) is 0 Å². The summed E-state index contributed by atoms with van der Waals surface area (Å²) in [5.74, 6) is -4.04. The molecule has 8 nitrogen and oxygen atoms in total. The van der Waals surface area contributed by atoms with E-state index < -0.39 is 36.3 Å². The van der Waals surface area contributed by atoms with Crippen molar-refractivity contribution in [2.75, 3.05) is 6.54 Å². The van der Waals surface area contributed by atoms with Crippen molar-refractivity contribution in [3.8, 4) is 0 Å². The molecule has 86 valence electrons. The molecule has 1 heterocycles. The van der Waals surface area contributed by atoms with Crippen LogP contribution in [-0.4, -0.2) is 41.2 Å². The van der Waals surface area contributed by atoms with Crippen LogP contribution in [0, 0.1) is 5.92 Å².